The lowest BCUT2D eigenvalue weighted by Crippen LogP contribution is -2.61. The largest absolute Gasteiger partial charge is 0.480 e. The van der Waals surface area contributed by atoms with Crippen LogP contribution in [0.3, 0.4) is 0 Å². The summed E-state index contributed by atoms with van der Waals surface area (Å²) in [6.45, 7) is 9.13. The zero-order valence-electron chi connectivity index (χ0n) is 54.7. The number of aliphatic hydroxyl groups is 1. The Balaban J connectivity index is 1.25. The van der Waals surface area contributed by atoms with Crippen molar-refractivity contribution in [3.63, 3.8) is 0 Å². The van der Waals surface area contributed by atoms with Crippen LogP contribution in [0.25, 0.3) is 0 Å². The van der Waals surface area contributed by atoms with Crippen LogP contribution in [0.15, 0.2) is 73.2 Å². The number of nitrogens with two attached hydrogens (primary N) is 2. The third-order valence-electron chi connectivity index (χ3n) is 16.1. The van der Waals surface area contributed by atoms with Crippen molar-refractivity contribution >= 4 is 88.6 Å². The molecule has 520 valence electrons. The van der Waals surface area contributed by atoms with E-state index in [1.54, 1.807) is 74.5 Å². The molecule has 2 aliphatic heterocycles. The van der Waals surface area contributed by atoms with Gasteiger partial charge in [-0.3, -0.25) is 57.5 Å². The number of likely N-dealkylation sites (tertiary alicyclic amines) is 2. The molecule has 31 heteroatoms. The van der Waals surface area contributed by atoms with Gasteiger partial charge in [0.25, 0.3) is 0 Å². The van der Waals surface area contributed by atoms with Gasteiger partial charge in [-0.15, -0.1) is 0 Å². The molecule has 12 amide bonds. The van der Waals surface area contributed by atoms with Gasteiger partial charge in [-0.1, -0.05) is 88.4 Å². The number of rotatable bonds is 37. The molecule has 3 heterocycles. The smallest absolute Gasteiger partial charge is 0.326 e. The zero-order valence-corrected chi connectivity index (χ0v) is 55.5. The minimum Gasteiger partial charge on any atom is -0.480 e. The molecule has 0 saturated carbocycles. The molecular weight excluding hydrogens is 1250 g/mol. The Morgan fingerprint density at radius 2 is 0.989 bits per heavy atom. The number of aliphatic carboxylic acids is 1. The summed E-state index contributed by atoms with van der Waals surface area (Å²) in [4.78, 5) is 188. The van der Waals surface area contributed by atoms with Crippen LogP contribution < -0.4 is 59.3 Å². The number of aliphatic hydroxyl groups excluding tert-OH is 1. The van der Waals surface area contributed by atoms with E-state index in [1.807, 2.05) is 20.1 Å². The maximum absolute atomic E-state index is 14.6. The van der Waals surface area contributed by atoms with E-state index < -0.39 is 162 Å². The molecule has 3 aromatic rings. The van der Waals surface area contributed by atoms with Crippen molar-refractivity contribution in [1.29, 1.82) is 0 Å². The quantitative estimate of drug-likeness (QED) is 0.0295. The fraction of sp³-hybridized carbons (Fsp3) is 0.562. The summed E-state index contributed by atoms with van der Waals surface area (Å²) in [6.07, 6.45) is 5.36. The number of carboxylic acids is 1. The Morgan fingerprint density at radius 3 is 1.48 bits per heavy atom. The lowest BCUT2D eigenvalue weighted by atomic mass is 10.0. The summed E-state index contributed by atoms with van der Waals surface area (Å²) >= 11 is 1.52. The highest BCUT2D eigenvalue weighted by atomic mass is 32.2. The minimum absolute atomic E-state index is 0.0143. The van der Waals surface area contributed by atoms with Gasteiger partial charge in [-0.2, -0.15) is 11.8 Å². The highest BCUT2D eigenvalue weighted by Crippen LogP contribution is 2.23. The molecule has 0 spiro atoms. The summed E-state index contributed by atoms with van der Waals surface area (Å²) in [7, 11) is 0. The number of benzene rings is 2. The number of aromatic amines is 1. The van der Waals surface area contributed by atoms with Crippen molar-refractivity contribution in [1.82, 2.24) is 67.6 Å². The van der Waals surface area contributed by atoms with Crippen LogP contribution in [0.1, 0.15) is 110 Å². The van der Waals surface area contributed by atoms with Gasteiger partial charge in [-0.05, 0) is 93.8 Å². The summed E-state index contributed by atoms with van der Waals surface area (Å²) in [5, 5.41) is 43.4. The standard InChI is InChI=1S/C64H93N15O15S/c1-35(2)26-43(55(84)69-38(6)54(83)76-48(64(93)94)29-40-18-12-9-13-19-40)73-61(90)51-21-15-24-79(51)63(92)47(27-36(3)4)75-58(87)46(31-52(66)81)71-53(82)37(5)70-56(85)44(28-39-16-10-8-11-17-39)72-59(88)49(33-80)77-57(86)45(30-41-32-67-34-68-41)74-60(89)50-20-14-23-78(50)62(91)42(65)22-25-95-7/h8-13,16-19,32,34-38,42-51,80H,14-15,20-31,33,65H2,1-7H3,(H2,66,81)(H,67,68)(H,69,84)(H,70,85)(H,71,82)(H,72,88)(H,73,90)(H,74,89)(H,75,87)(H,76,83)(H,77,86)(H,93,94)/t37-,38-,42-,43-,44-,45-,46-,47-,48-,49-,50-,51-/m0/s1. The summed E-state index contributed by atoms with van der Waals surface area (Å²) in [5.74, 6) is -11.0. The molecule has 2 aromatic carbocycles. The van der Waals surface area contributed by atoms with Gasteiger partial charge in [-0.25, -0.2) is 9.78 Å². The number of primary amides is 1. The first-order chi connectivity index (χ1) is 45.1. The van der Waals surface area contributed by atoms with Crippen molar-refractivity contribution in [3.05, 3.63) is 90.0 Å². The number of carboxylic acid groups (broad SMARTS) is 1. The van der Waals surface area contributed by atoms with Gasteiger partial charge in [0.2, 0.25) is 70.9 Å². The van der Waals surface area contributed by atoms with Crippen molar-refractivity contribution in [2.75, 3.05) is 31.7 Å². The second-order valence-electron chi connectivity index (χ2n) is 24.8. The molecule has 2 aliphatic rings. The van der Waals surface area contributed by atoms with Gasteiger partial charge >= 0.3 is 5.97 Å². The van der Waals surface area contributed by atoms with Crippen LogP contribution in [-0.2, 0) is 81.6 Å². The molecule has 0 unspecified atom stereocenters. The molecule has 30 nitrogen and oxygen atoms in total. The van der Waals surface area contributed by atoms with Gasteiger partial charge < -0.3 is 84.3 Å². The van der Waals surface area contributed by atoms with Crippen molar-refractivity contribution < 1.29 is 72.5 Å². The number of hydrogen-bond donors (Lipinski definition) is 14. The van der Waals surface area contributed by atoms with Crippen molar-refractivity contribution in [3.8, 4) is 0 Å². The number of carbonyl (C=O) groups is 13. The molecule has 0 radical (unpaired) electrons. The number of carbonyl (C=O) groups excluding carboxylic acids is 12. The Morgan fingerprint density at radius 1 is 0.558 bits per heavy atom. The third kappa shape index (κ3) is 24.1. The second kappa shape index (κ2) is 37.8. The number of amides is 12. The Labute approximate surface area is 556 Å². The van der Waals surface area contributed by atoms with E-state index in [9.17, 15) is 72.5 Å². The van der Waals surface area contributed by atoms with E-state index in [4.69, 9.17) is 11.5 Å². The van der Waals surface area contributed by atoms with Crippen molar-refractivity contribution in [2.45, 2.75) is 185 Å². The van der Waals surface area contributed by atoms with E-state index in [0.29, 0.717) is 48.3 Å². The number of thioether (sulfide) groups is 1. The van der Waals surface area contributed by atoms with Gasteiger partial charge in [0.1, 0.15) is 66.5 Å². The summed E-state index contributed by atoms with van der Waals surface area (Å²) < 4.78 is 0. The predicted molar refractivity (Wildman–Crippen MR) is 349 cm³/mol. The van der Waals surface area contributed by atoms with Crippen molar-refractivity contribution in [2.24, 2.45) is 23.3 Å². The molecule has 0 bridgehead atoms. The number of imidazole rings is 1. The number of H-pyrrole nitrogens is 1. The maximum atomic E-state index is 14.6. The average molecular weight is 1340 g/mol. The summed E-state index contributed by atoms with van der Waals surface area (Å²) in [5.41, 5.74) is 13.4. The van der Waals surface area contributed by atoms with E-state index in [-0.39, 0.29) is 63.5 Å². The molecule has 95 heavy (non-hydrogen) atoms. The molecular formula is C64H93N15O15S. The molecule has 16 N–H and O–H groups in total. The lowest BCUT2D eigenvalue weighted by Gasteiger charge is -2.31. The first-order valence-electron chi connectivity index (χ1n) is 31.9. The van der Waals surface area contributed by atoms with Crippen LogP contribution in [0, 0.1) is 11.8 Å². The summed E-state index contributed by atoms with van der Waals surface area (Å²) in [6, 6.07) is 1.25. The molecule has 12 atom stereocenters. The number of nitrogens with one attached hydrogen (secondary N) is 10. The SMILES string of the molecule is CSCC[C@H](N)C(=O)N1CCC[C@H]1C(=O)N[C@@H](Cc1cnc[nH]1)C(=O)N[C@@H](CO)C(=O)N[C@@H](Cc1ccccc1)C(=O)N[C@@H](C)C(=O)N[C@@H](CC(N)=O)C(=O)N[C@@H](CC(C)C)C(=O)N1CCC[C@H]1C(=O)N[C@@H](CC(C)C)C(=O)N[C@@H](C)C(=O)N[C@@H](Cc1ccccc1)C(=O)O. The van der Waals surface area contributed by atoms with Gasteiger partial charge in [0, 0.05) is 44.2 Å². The van der Waals surface area contributed by atoms with E-state index in [1.165, 1.54) is 47.9 Å². The second-order valence-corrected chi connectivity index (χ2v) is 25.8. The predicted octanol–water partition coefficient (Wildman–Crippen LogP) is -2.05. The molecule has 2 fully saturated rings. The van der Waals surface area contributed by atoms with Crippen LogP contribution in [0.4, 0.5) is 0 Å². The first kappa shape index (κ1) is 76.7. The van der Waals surface area contributed by atoms with Crippen LogP contribution in [0.5, 0.6) is 0 Å². The van der Waals surface area contributed by atoms with Crippen LogP contribution in [0.2, 0.25) is 0 Å². The molecule has 5 rings (SSSR count). The molecule has 0 aliphatic carbocycles. The van der Waals surface area contributed by atoms with Crippen LogP contribution in [-0.4, -0.2) is 211 Å². The monoisotopic (exact) mass is 1340 g/mol. The minimum atomic E-state index is -1.72. The third-order valence-corrected chi connectivity index (χ3v) is 16.7. The molecule has 1 aromatic heterocycles. The Kier molecular flexibility index (Phi) is 30.5. The Hall–Kier alpha value is -8.97. The van der Waals surface area contributed by atoms with Gasteiger partial charge in [0.05, 0.1) is 25.4 Å². The first-order valence-corrected chi connectivity index (χ1v) is 33.3. The highest BCUT2D eigenvalue weighted by molar-refractivity contribution is 7.98. The highest BCUT2D eigenvalue weighted by Gasteiger charge is 2.42. The average Bonchev–Trinajstić information content (AvgIpc) is 1.90. The molecule has 2 saturated heterocycles. The normalized spacial score (nSPS) is 17.6. The lowest BCUT2D eigenvalue weighted by molar-refractivity contribution is -0.143. The van der Waals surface area contributed by atoms with E-state index >= 15 is 0 Å². The number of hydrogen-bond acceptors (Lipinski definition) is 17. The van der Waals surface area contributed by atoms with Gasteiger partial charge in [0.15, 0.2) is 0 Å². The van der Waals surface area contributed by atoms with E-state index in [0.717, 1.165) is 0 Å². The zero-order chi connectivity index (χ0) is 70.1. The topological polar surface area (TPSA) is 458 Å². The fourth-order valence-corrected chi connectivity index (χ4v) is 11.5. The number of nitrogens with zero attached hydrogens (tertiary/aromatic N) is 3. The Bertz CT molecular complexity index is 3130. The van der Waals surface area contributed by atoms with E-state index in [2.05, 4.69) is 57.8 Å². The maximum Gasteiger partial charge on any atom is 0.326 e. The number of aromatic nitrogens is 2. The fourth-order valence-electron chi connectivity index (χ4n) is 11.0. The van der Waals surface area contributed by atoms with Crippen LogP contribution >= 0.6 is 11.8 Å².